The number of H-pyrrole nitrogens is 1. The minimum Gasteiger partial charge on any atom is -0.493 e. The molecule has 4 heterocycles. The molecule has 0 unspecified atom stereocenters. The summed E-state index contributed by atoms with van der Waals surface area (Å²) in [5.41, 5.74) is 6.08. The van der Waals surface area contributed by atoms with Crippen LogP contribution in [-0.4, -0.2) is 56.9 Å². The molecular formula is C27H27N5O3. The second-order valence-corrected chi connectivity index (χ2v) is 9.30. The molecule has 0 spiro atoms. The van der Waals surface area contributed by atoms with Crippen LogP contribution in [-0.2, 0) is 13.0 Å². The lowest BCUT2D eigenvalue weighted by Crippen LogP contribution is -2.35. The molecule has 2 aliphatic heterocycles. The molecule has 3 N–H and O–H groups in total. The highest BCUT2D eigenvalue weighted by atomic mass is 16.5. The number of carbonyl (C=O) groups is 1. The highest BCUT2D eigenvalue weighted by molar-refractivity contribution is 6.11. The number of hydrogen-bond acceptors (Lipinski definition) is 6. The predicted octanol–water partition coefficient (Wildman–Crippen LogP) is 3.77. The van der Waals surface area contributed by atoms with E-state index in [1.807, 2.05) is 48.8 Å². The number of aliphatic hydroxyl groups excluding tert-OH is 1. The number of fused-ring (bicyclic) bond motifs is 2. The lowest BCUT2D eigenvalue weighted by Gasteiger charge is -2.29. The number of likely N-dealkylation sites (tertiary alicyclic amines) is 1. The van der Waals surface area contributed by atoms with Crippen LogP contribution in [0.25, 0.3) is 22.0 Å². The van der Waals surface area contributed by atoms with E-state index in [1.165, 1.54) is 0 Å². The quantitative estimate of drug-likeness (QED) is 0.411. The number of aromatic amines is 1. The molecular weight excluding hydrogens is 442 g/mol. The maximum atomic E-state index is 13.1. The van der Waals surface area contributed by atoms with Crippen LogP contribution in [0.1, 0.15) is 34.5 Å². The first-order chi connectivity index (χ1) is 17.1. The molecule has 1 fully saturated rings. The van der Waals surface area contributed by atoms with Gasteiger partial charge >= 0.3 is 0 Å². The topological polar surface area (TPSA) is 103 Å². The molecule has 1 saturated heterocycles. The van der Waals surface area contributed by atoms with Gasteiger partial charge in [-0.3, -0.25) is 19.8 Å². The van der Waals surface area contributed by atoms with Crippen molar-refractivity contribution in [2.75, 3.05) is 25.0 Å². The Balaban J connectivity index is 1.23. The van der Waals surface area contributed by atoms with Gasteiger partial charge in [-0.2, -0.15) is 5.10 Å². The van der Waals surface area contributed by atoms with Crippen molar-refractivity contribution in [3.63, 3.8) is 0 Å². The fourth-order valence-corrected chi connectivity index (χ4v) is 4.87. The van der Waals surface area contributed by atoms with Crippen molar-refractivity contribution in [1.29, 1.82) is 0 Å². The summed E-state index contributed by atoms with van der Waals surface area (Å²) in [5.74, 6) is 0.551. The Hall–Kier alpha value is -3.75. The first kappa shape index (κ1) is 21.8. The number of rotatable bonds is 5. The predicted molar refractivity (Wildman–Crippen MR) is 133 cm³/mol. The summed E-state index contributed by atoms with van der Waals surface area (Å²) in [6, 6.07) is 13.8. The normalized spacial score (nSPS) is 16.3. The van der Waals surface area contributed by atoms with Crippen molar-refractivity contribution in [1.82, 2.24) is 20.1 Å². The molecule has 0 aliphatic carbocycles. The number of aromatic nitrogens is 3. The lowest BCUT2D eigenvalue weighted by molar-refractivity contribution is 0.0792. The SMILES string of the molecule is O=C(Nc1ccc2c(c1)OCC2)c1n[nH]c2ccc(-c3cncc(CN4CCC(O)CC4)c3)cc12. The summed E-state index contributed by atoms with van der Waals surface area (Å²) in [6.45, 7) is 3.26. The molecule has 2 aliphatic rings. The number of benzene rings is 2. The number of ether oxygens (including phenoxy) is 1. The van der Waals surface area contributed by atoms with Gasteiger partial charge in [-0.05, 0) is 53.8 Å². The number of aliphatic hydroxyl groups is 1. The largest absolute Gasteiger partial charge is 0.493 e. The van der Waals surface area contributed by atoms with E-state index >= 15 is 0 Å². The fourth-order valence-electron chi connectivity index (χ4n) is 4.87. The third-order valence-electron chi connectivity index (χ3n) is 6.82. The van der Waals surface area contributed by atoms with Crippen LogP contribution < -0.4 is 10.1 Å². The van der Waals surface area contributed by atoms with Crippen molar-refractivity contribution in [3.8, 4) is 16.9 Å². The Labute approximate surface area is 202 Å². The van der Waals surface area contributed by atoms with Crippen LogP contribution in [0.3, 0.4) is 0 Å². The highest BCUT2D eigenvalue weighted by Crippen LogP contribution is 2.30. The Morgan fingerprint density at radius 3 is 2.89 bits per heavy atom. The van der Waals surface area contributed by atoms with E-state index in [4.69, 9.17) is 4.74 Å². The molecule has 0 radical (unpaired) electrons. The van der Waals surface area contributed by atoms with Gasteiger partial charge in [0.15, 0.2) is 5.69 Å². The molecule has 0 atom stereocenters. The molecule has 1 amide bonds. The average Bonchev–Trinajstić information content (AvgIpc) is 3.52. The number of pyridine rings is 1. The van der Waals surface area contributed by atoms with E-state index in [2.05, 4.69) is 31.5 Å². The summed E-state index contributed by atoms with van der Waals surface area (Å²) in [6.07, 6.45) is 6.08. The molecule has 35 heavy (non-hydrogen) atoms. The van der Waals surface area contributed by atoms with E-state index in [9.17, 15) is 9.90 Å². The number of nitrogens with zero attached hydrogens (tertiary/aromatic N) is 3. The minimum absolute atomic E-state index is 0.181. The van der Waals surface area contributed by atoms with Crippen LogP contribution in [0.15, 0.2) is 54.9 Å². The van der Waals surface area contributed by atoms with Crippen molar-refractivity contribution in [3.05, 3.63) is 71.7 Å². The van der Waals surface area contributed by atoms with Crippen LogP contribution >= 0.6 is 0 Å². The Morgan fingerprint density at radius 2 is 2.00 bits per heavy atom. The van der Waals surface area contributed by atoms with Crippen LogP contribution in [0.2, 0.25) is 0 Å². The lowest BCUT2D eigenvalue weighted by atomic mass is 10.0. The standard InChI is InChI=1S/C27H27N5O3/c33-22-5-8-32(9-6-22)16-17-11-20(15-28-14-17)19-2-4-24-23(12-19)26(31-30-24)27(34)29-21-3-1-18-7-10-35-25(18)13-21/h1-4,11-15,22,33H,5-10,16H2,(H,29,34)(H,30,31). The second-order valence-electron chi connectivity index (χ2n) is 9.30. The first-order valence-corrected chi connectivity index (χ1v) is 12.0. The third kappa shape index (κ3) is 4.50. The van der Waals surface area contributed by atoms with Crippen LogP contribution in [0.5, 0.6) is 5.75 Å². The van der Waals surface area contributed by atoms with Crippen LogP contribution in [0, 0.1) is 0 Å². The molecule has 8 nitrogen and oxygen atoms in total. The Bertz CT molecular complexity index is 1390. The molecule has 178 valence electrons. The Morgan fingerprint density at radius 1 is 1.11 bits per heavy atom. The highest BCUT2D eigenvalue weighted by Gasteiger charge is 2.19. The summed E-state index contributed by atoms with van der Waals surface area (Å²) in [7, 11) is 0. The van der Waals surface area contributed by atoms with Gasteiger partial charge in [0.1, 0.15) is 5.75 Å². The zero-order valence-electron chi connectivity index (χ0n) is 19.3. The maximum absolute atomic E-state index is 13.1. The third-order valence-corrected chi connectivity index (χ3v) is 6.82. The van der Waals surface area contributed by atoms with Gasteiger partial charge in [0.2, 0.25) is 0 Å². The van der Waals surface area contributed by atoms with Crippen molar-refractivity contribution < 1.29 is 14.6 Å². The van der Waals surface area contributed by atoms with E-state index in [1.54, 1.807) is 0 Å². The van der Waals surface area contributed by atoms with Gasteiger partial charge in [-0.25, -0.2) is 0 Å². The number of carbonyl (C=O) groups excluding carboxylic acids is 1. The average molecular weight is 470 g/mol. The van der Waals surface area contributed by atoms with Crippen molar-refractivity contribution >= 4 is 22.5 Å². The smallest absolute Gasteiger partial charge is 0.276 e. The van der Waals surface area contributed by atoms with Gasteiger partial charge in [-0.1, -0.05) is 12.1 Å². The molecule has 2 aromatic carbocycles. The number of anilines is 1. The van der Waals surface area contributed by atoms with Gasteiger partial charge in [0.05, 0.1) is 18.2 Å². The monoisotopic (exact) mass is 469 g/mol. The summed E-state index contributed by atoms with van der Waals surface area (Å²) in [5, 5.41) is 20.7. The van der Waals surface area contributed by atoms with Gasteiger partial charge < -0.3 is 15.2 Å². The van der Waals surface area contributed by atoms with E-state index in [0.29, 0.717) is 18.0 Å². The molecule has 2 aromatic heterocycles. The van der Waals surface area contributed by atoms with Crippen molar-refractivity contribution in [2.24, 2.45) is 0 Å². The zero-order chi connectivity index (χ0) is 23.8. The zero-order valence-corrected chi connectivity index (χ0v) is 19.3. The van der Waals surface area contributed by atoms with Gasteiger partial charge in [0.25, 0.3) is 5.91 Å². The molecule has 0 saturated carbocycles. The van der Waals surface area contributed by atoms with E-state index in [-0.39, 0.29) is 12.0 Å². The molecule has 4 aromatic rings. The number of piperidine rings is 1. The first-order valence-electron chi connectivity index (χ1n) is 12.0. The van der Waals surface area contributed by atoms with Gasteiger partial charge in [-0.15, -0.1) is 0 Å². The van der Waals surface area contributed by atoms with E-state index in [0.717, 1.165) is 77.8 Å². The minimum atomic E-state index is -0.273. The molecule has 6 rings (SSSR count). The van der Waals surface area contributed by atoms with E-state index < -0.39 is 0 Å². The van der Waals surface area contributed by atoms with Crippen LogP contribution in [0.4, 0.5) is 5.69 Å². The number of hydrogen-bond donors (Lipinski definition) is 3. The maximum Gasteiger partial charge on any atom is 0.276 e. The summed E-state index contributed by atoms with van der Waals surface area (Å²) < 4.78 is 5.62. The van der Waals surface area contributed by atoms with Crippen molar-refractivity contribution in [2.45, 2.75) is 31.9 Å². The Kier molecular flexibility index (Phi) is 5.67. The second kappa shape index (κ2) is 9.13. The molecule has 8 heteroatoms. The summed E-state index contributed by atoms with van der Waals surface area (Å²) in [4.78, 5) is 19.9. The van der Waals surface area contributed by atoms with Gasteiger partial charge in [0, 0.05) is 61.2 Å². The molecule has 0 bridgehead atoms. The summed E-state index contributed by atoms with van der Waals surface area (Å²) >= 11 is 0. The fraction of sp³-hybridized carbons (Fsp3) is 0.296. The number of nitrogens with one attached hydrogen (secondary N) is 2. The number of amides is 1.